The number of likely N-dealkylation sites (tertiary alicyclic amines) is 1. The minimum Gasteiger partial charge on any atom is -0.336 e. The van der Waals surface area contributed by atoms with Crippen molar-refractivity contribution in [1.29, 1.82) is 0 Å². The fourth-order valence-corrected chi connectivity index (χ4v) is 4.42. The van der Waals surface area contributed by atoms with E-state index in [1.807, 2.05) is 18.5 Å². The van der Waals surface area contributed by atoms with Crippen LogP contribution < -0.4 is 10.6 Å². The van der Waals surface area contributed by atoms with E-state index in [4.69, 9.17) is 0 Å². The highest BCUT2D eigenvalue weighted by Gasteiger charge is 2.38. The maximum Gasteiger partial charge on any atom is 0.315 e. The lowest BCUT2D eigenvalue weighted by molar-refractivity contribution is 0.0354. The van der Waals surface area contributed by atoms with Gasteiger partial charge in [-0.15, -0.1) is 10.2 Å². The van der Waals surface area contributed by atoms with Crippen LogP contribution in [0.15, 0.2) is 6.33 Å². The summed E-state index contributed by atoms with van der Waals surface area (Å²) in [5.74, 6) is 0.763. The Bertz CT molecular complexity index is 560. The Morgan fingerprint density at radius 3 is 2.52 bits per heavy atom. The summed E-state index contributed by atoms with van der Waals surface area (Å²) in [6.07, 6.45) is 11.8. The zero-order chi connectivity index (χ0) is 17.7. The number of amides is 2. The maximum absolute atomic E-state index is 12.4. The molecule has 7 heteroatoms. The molecule has 2 heterocycles. The van der Waals surface area contributed by atoms with Gasteiger partial charge < -0.3 is 15.2 Å². The first-order chi connectivity index (χ1) is 12.1. The molecule has 2 N–H and O–H groups in total. The molecule has 1 saturated carbocycles. The van der Waals surface area contributed by atoms with Gasteiger partial charge >= 0.3 is 6.03 Å². The Hall–Kier alpha value is -1.63. The van der Waals surface area contributed by atoms with E-state index in [9.17, 15) is 4.79 Å². The van der Waals surface area contributed by atoms with Crippen molar-refractivity contribution in [2.45, 2.75) is 69.9 Å². The molecule has 0 radical (unpaired) electrons. The van der Waals surface area contributed by atoms with Crippen LogP contribution in [0.5, 0.6) is 0 Å². The largest absolute Gasteiger partial charge is 0.336 e. The highest BCUT2D eigenvalue weighted by Crippen LogP contribution is 2.35. The molecule has 2 amide bonds. The van der Waals surface area contributed by atoms with Crippen LogP contribution in [-0.4, -0.2) is 50.9 Å². The summed E-state index contributed by atoms with van der Waals surface area (Å²) in [5.41, 5.74) is 0.157. The third-order valence-electron chi connectivity index (χ3n) is 5.87. The Morgan fingerprint density at radius 1 is 1.20 bits per heavy atom. The lowest BCUT2D eigenvalue weighted by Gasteiger charge is -2.48. The van der Waals surface area contributed by atoms with E-state index < -0.39 is 0 Å². The van der Waals surface area contributed by atoms with Gasteiger partial charge in [0.05, 0.1) is 6.04 Å². The molecule has 1 aromatic rings. The number of hydrogen-bond acceptors (Lipinski definition) is 4. The minimum absolute atomic E-state index is 0.113. The Labute approximate surface area is 150 Å². The molecule has 2 fully saturated rings. The summed E-state index contributed by atoms with van der Waals surface area (Å²) in [5, 5.41) is 14.1. The quantitative estimate of drug-likeness (QED) is 0.857. The summed E-state index contributed by atoms with van der Waals surface area (Å²) < 4.78 is 1.83. The second-order valence-electron chi connectivity index (χ2n) is 7.68. The number of rotatable bonds is 5. The van der Waals surface area contributed by atoms with Crippen LogP contribution in [0.1, 0.15) is 70.2 Å². The van der Waals surface area contributed by atoms with Gasteiger partial charge in [0.1, 0.15) is 6.33 Å². The van der Waals surface area contributed by atoms with Crippen LogP contribution in [0, 0.1) is 0 Å². The predicted molar refractivity (Wildman–Crippen MR) is 97.2 cm³/mol. The van der Waals surface area contributed by atoms with Crippen molar-refractivity contribution in [3.63, 3.8) is 0 Å². The monoisotopic (exact) mass is 348 g/mol. The van der Waals surface area contributed by atoms with Gasteiger partial charge in [-0.2, -0.15) is 0 Å². The van der Waals surface area contributed by atoms with Crippen molar-refractivity contribution in [3.8, 4) is 0 Å². The Morgan fingerprint density at radius 2 is 1.88 bits per heavy atom. The molecule has 25 heavy (non-hydrogen) atoms. The van der Waals surface area contributed by atoms with E-state index in [-0.39, 0.29) is 17.6 Å². The summed E-state index contributed by atoms with van der Waals surface area (Å²) >= 11 is 0. The first-order valence-electron chi connectivity index (χ1n) is 9.74. The van der Waals surface area contributed by atoms with Gasteiger partial charge in [-0.25, -0.2) is 4.79 Å². The fraction of sp³-hybridized carbons (Fsp3) is 0.833. The smallest absolute Gasteiger partial charge is 0.315 e. The molecule has 1 aliphatic carbocycles. The summed E-state index contributed by atoms with van der Waals surface area (Å²) in [7, 11) is 1.89. The number of aromatic nitrogens is 3. The molecule has 1 aromatic heterocycles. The van der Waals surface area contributed by atoms with Crippen molar-refractivity contribution >= 4 is 6.03 Å². The maximum atomic E-state index is 12.4. The highest BCUT2D eigenvalue weighted by molar-refractivity contribution is 5.74. The van der Waals surface area contributed by atoms with Crippen LogP contribution in [0.25, 0.3) is 0 Å². The number of carbonyl (C=O) groups excluding carboxylic acids is 1. The highest BCUT2D eigenvalue weighted by atomic mass is 16.2. The van der Waals surface area contributed by atoms with Gasteiger partial charge in [0.15, 0.2) is 5.82 Å². The van der Waals surface area contributed by atoms with E-state index in [0.717, 1.165) is 12.4 Å². The van der Waals surface area contributed by atoms with Crippen molar-refractivity contribution in [2.75, 3.05) is 19.6 Å². The molecule has 0 unspecified atom stereocenters. The molecule has 0 aromatic carbocycles. The van der Waals surface area contributed by atoms with Gasteiger partial charge in [0.2, 0.25) is 0 Å². The molecule has 1 saturated heterocycles. The van der Waals surface area contributed by atoms with Gasteiger partial charge in [0.25, 0.3) is 0 Å². The second-order valence-corrected chi connectivity index (χ2v) is 7.68. The molecule has 1 aliphatic heterocycles. The number of nitrogens with one attached hydrogen (secondary N) is 2. The van der Waals surface area contributed by atoms with E-state index in [2.05, 4.69) is 25.7 Å². The van der Waals surface area contributed by atoms with Crippen molar-refractivity contribution in [1.82, 2.24) is 30.3 Å². The van der Waals surface area contributed by atoms with Crippen molar-refractivity contribution in [3.05, 3.63) is 12.2 Å². The molecule has 0 spiro atoms. The normalized spacial score (nSPS) is 22.3. The second kappa shape index (κ2) is 8.17. The molecule has 140 valence electrons. The van der Waals surface area contributed by atoms with Crippen LogP contribution in [0.4, 0.5) is 4.79 Å². The fourth-order valence-electron chi connectivity index (χ4n) is 4.42. The topological polar surface area (TPSA) is 75.1 Å². The Balaban J connectivity index is 1.57. The van der Waals surface area contributed by atoms with Crippen LogP contribution >= 0.6 is 0 Å². The molecule has 7 nitrogen and oxygen atoms in total. The molecule has 0 bridgehead atoms. The molecular formula is C18H32N6O. The van der Waals surface area contributed by atoms with Crippen molar-refractivity contribution < 1.29 is 4.79 Å². The summed E-state index contributed by atoms with van der Waals surface area (Å²) in [4.78, 5) is 15.1. The van der Waals surface area contributed by atoms with Crippen LogP contribution in [0.2, 0.25) is 0 Å². The number of hydrogen-bond donors (Lipinski definition) is 2. The summed E-state index contributed by atoms with van der Waals surface area (Å²) in [6.45, 7) is 5.03. The van der Waals surface area contributed by atoms with Gasteiger partial charge in [-0.1, -0.05) is 25.7 Å². The third kappa shape index (κ3) is 4.32. The number of aryl methyl sites for hydroxylation is 1. The molecule has 3 rings (SSSR count). The minimum atomic E-state index is -0.162. The first kappa shape index (κ1) is 18.2. The van der Waals surface area contributed by atoms with Gasteiger partial charge in [0, 0.05) is 19.1 Å². The van der Waals surface area contributed by atoms with E-state index >= 15 is 0 Å². The average Bonchev–Trinajstić information content (AvgIpc) is 3.08. The lowest BCUT2D eigenvalue weighted by Crippen LogP contribution is -2.59. The standard InChI is InChI=1S/C18H32N6O/c1-15(16-22-20-14-23(16)2)21-17(25)19-13-18(9-5-3-6-10-18)24-11-7-4-8-12-24/h14-15H,3-13H2,1-2H3,(H2,19,21,25)/t15-/m1/s1. The number of carbonyl (C=O) groups is 1. The molecular weight excluding hydrogens is 316 g/mol. The van der Waals surface area contributed by atoms with Crippen molar-refractivity contribution in [2.24, 2.45) is 7.05 Å². The van der Waals surface area contributed by atoms with Crippen LogP contribution in [-0.2, 0) is 7.05 Å². The zero-order valence-corrected chi connectivity index (χ0v) is 15.6. The number of piperidine rings is 1. The van der Waals surface area contributed by atoms with E-state index in [0.29, 0.717) is 0 Å². The predicted octanol–water partition coefficient (Wildman–Crippen LogP) is 2.36. The molecule has 1 atom stereocenters. The average molecular weight is 348 g/mol. The number of urea groups is 1. The SMILES string of the molecule is C[C@@H](NC(=O)NCC1(N2CCCCC2)CCCCC1)c1nncn1C. The Kier molecular flexibility index (Phi) is 5.93. The van der Waals surface area contributed by atoms with Gasteiger partial charge in [-0.3, -0.25) is 4.90 Å². The molecule has 2 aliphatic rings. The van der Waals surface area contributed by atoms with Gasteiger partial charge in [-0.05, 0) is 45.7 Å². The first-order valence-corrected chi connectivity index (χ1v) is 9.74. The zero-order valence-electron chi connectivity index (χ0n) is 15.6. The lowest BCUT2D eigenvalue weighted by atomic mass is 9.79. The van der Waals surface area contributed by atoms with E-state index in [1.165, 1.54) is 64.5 Å². The summed E-state index contributed by atoms with van der Waals surface area (Å²) in [6, 6.07) is -0.276. The van der Waals surface area contributed by atoms with E-state index in [1.54, 1.807) is 6.33 Å². The van der Waals surface area contributed by atoms with Crippen LogP contribution in [0.3, 0.4) is 0 Å². The third-order valence-corrected chi connectivity index (χ3v) is 5.87. The number of nitrogens with zero attached hydrogens (tertiary/aromatic N) is 4.